The van der Waals surface area contributed by atoms with Gasteiger partial charge in [-0.1, -0.05) is 45.9 Å². The zero-order valence-corrected chi connectivity index (χ0v) is 18.1. The van der Waals surface area contributed by atoms with Crippen molar-refractivity contribution in [3.8, 4) is 0 Å². The Morgan fingerprint density at radius 2 is 1.46 bits per heavy atom. The van der Waals surface area contributed by atoms with Crippen LogP contribution in [0.5, 0.6) is 0 Å². The summed E-state index contributed by atoms with van der Waals surface area (Å²) in [5, 5.41) is 0. The van der Waals surface area contributed by atoms with E-state index in [1.54, 1.807) is 36.0 Å². The van der Waals surface area contributed by atoms with Crippen molar-refractivity contribution in [2.45, 2.75) is 56.3 Å². The monoisotopic (exact) mass is 396 g/mol. The Balaban J connectivity index is 1.73. The fourth-order valence-corrected chi connectivity index (χ4v) is 4.63. The van der Waals surface area contributed by atoms with Crippen LogP contribution in [0.25, 0.3) is 0 Å². The van der Waals surface area contributed by atoms with Gasteiger partial charge >= 0.3 is 5.97 Å². The SMILES string of the molecule is COC(=O)c1ccc(C(=O)CSc2ccc3c(c2)C(C)(C)CCC3(C)C)cc1. The van der Waals surface area contributed by atoms with Crippen LogP contribution >= 0.6 is 11.8 Å². The van der Waals surface area contributed by atoms with Crippen molar-refractivity contribution in [2.75, 3.05) is 12.9 Å². The Kier molecular flexibility index (Phi) is 5.72. The Morgan fingerprint density at radius 1 is 0.893 bits per heavy atom. The molecule has 28 heavy (non-hydrogen) atoms. The van der Waals surface area contributed by atoms with E-state index >= 15 is 0 Å². The van der Waals surface area contributed by atoms with Gasteiger partial charge in [0.15, 0.2) is 5.78 Å². The number of methoxy groups -OCH3 is 1. The lowest BCUT2D eigenvalue weighted by Crippen LogP contribution is -2.33. The summed E-state index contributed by atoms with van der Waals surface area (Å²) in [5.74, 6) is 0.0342. The van der Waals surface area contributed by atoms with Crippen molar-refractivity contribution in [3.63, 3.8) is 0 Å². The molecule has 0 amide bonds. The molecule has 0 aliphatic heterocycles. The fraction of sp³-hybridized carbons (Fsp3) is 0.417. The number of fused-ring (bicyclic) bond motifs is 1. The molecule has 148 valence electrons. The molecule has 0 N–H and O–H groups in total. The van der Waals surface area contributed by atoms with Crippen molar-refractivity contribution < 1.29 is 14.3 Å². The predicted molar refractivity (Wildman–Crippen MR) is 115 cm³/mol. The lowest BCUT2D eigenvalue weighted by molar-refractivity contribution is 0.0600. The van der Waals surface area contributed by atoms with Crippen LogP contribution in [0.15, 0.2) is 47.4 Å². The Hall–Kier alpha value is -2.07. The first-order valence-electron chi connectivity index (χ1n) is 9.63. The predicted octanol–water partition coefficient (Wildman–Crippen LogP) is 5.80. The largest absolute Gasteiger partial charge is 0.465 e. The van der Waals surface area contributed by atoms with Crippen molar-refractivity contribution in [3.05, 3.63) is 64.7 Å². The third kappa shape index (κ3) is 4.17. The maximum atomic E-state index is 12.6. The minimum atomic E-state index is -0.395. The van der Waals surface area contributed by atoms with Gasteiger partial charge in [0.1, 0.15) is 0 Å². The number of benzene rings is 2. The van der Waals surface area contributed by atoms with Crippen molar-refractivity contribution in [2.24, 2.45) is 0 Å². The van der Waals surface area contributed by atoms with Gasteiger partial charge < -0.3 is 4.74 Å². The molecule has 2 aromatic rings. The van der Waals surface area contributed by atoms with Gasteiger partial charge in [-0.25, -0.2) is 4.79 Å². The van der Waals surface area contributed by atoms with E-state index in [2.05, 4.69) is 45.9 Å². The Bertz CT molecular complexity index is 895. The summed E-state index contributed by atoms with van der Waals surface area (Å²) in [7, 11) is 1.35. The van der Waals surface area contributed by atoms with Crippen molar-refractivity contribution >= 4 is 23.5 Å². The quantitative estimate of drug-likeness (QED) is 0.364. The molecule has 0 heterocycles. The van der Waals surface area contributed by atoms with Crippen LogP contribution in [0.2, 0.25) is 0 Å². The minimum Gasteiger partial charge on any atom is -0.465 e. The Morgan fingerprint density at radius 3 is 2.07 bits per heavy atom. The van der Waals surface area contributed by atoms with Gasteiger partial charge in [0, 0.05) is 10.5 Å². The number of thioether (sulfide) groups is 1. The standard InChI is InChI=1S/C24H28O3S/c1-23(2)12-13-24(3,4)20-14-18(10-11-19(20)23)28-15-21(25)16-6-8-17(9-7-16)22(26)27-5/h6-11,14H,12-13,15H2,1-5H3. The topological polar surface area (TPSA) is 43.4 Å². The fourth-order valence-electron chi connectivity index (χ4n) is 3.80. The highest BCUT2D eigenvalue weighted by molar-refractivity contribution is 8.00. The van der Waals surface area contributed by atoms with E-state index in [1.807, 2.05) is 0 Å². The molecule has 0 fully saturated rings. The van der Waals surface area contributed by atoms with Crippen LogP contribution in [0.3, 0.4) is 0 Å². The van der Waals surface area contributed by atoms with Crippen molar-refractivity contribution in [1.29, 1.82) is 0 Å². The normalized spacial score (nSPS) is 16.9. The summed E-state index contributed by atoms with van der Waals surface area (Å²) >= 11 is 1.57. The smallest absolute Gasteiger partial charge is 0.337 e. The maximum absolute atomic E-state index is 12.6. The molecule has 0 spiro atoms. The minimum absolute atomic E-state index is 0.0544. The van der Waals surface area contributed by atoms with E-state index in [0.29, 0.717) is 16.9 Å². The highest BCUT2D eigenvalue weighted by Crippen LogP contribution is 2.46. The molecule has 4 heteroatoms. The van der Waals surface area contributed by atoms with Gasteiger partial charge in [0.25, 0.3) is 0 Å². The number of carbonyl (C=O) groups excluding carboxylic acids is 2. The molecule has 2 aromatic carbocycles. The summed E-state index contributed by atoms with van der Waals surface area (Å²) in [6.45, 7) is 9.25. The third-order valence-electron chi connectivity index (χ3n) is 5.82. The molecule has 1 aliphatic carbocycles. The molecule has 0 radical (unpaired) electrons. The average Bonchev–Trinajstić information content (AvgIpc) is 2.69. The average molecular weight is 397 g/mol. The number of hydrogen-bond donors (Lipinski definition) is 0. The summed E-state index contributed by atoms with van der Waals surface area (Å²) < 4.78 is 4.69. The molecule has 3 nitrogen and oxygen atoms in total. The maximum Gasteiger partial charge on any atom is 0.337 e. The van der Waals surface area contributed by atoms with Crippen LogP contribution in [-0.4, -0.2) is 24.6 Å². The van der Waals surface area contributed by atoms with E-state index in [1.165, 1.54) is 31.1 Å². The summed E-state index contributed by atoms with van der Waals surface area (Å²) in [4.78, 5) is 25.2. The summed E-state index contributed by atoms with van der Waals surface area (Å²) in [5.41, 5.74) is 4.26. The van der Waals surface area contributed by atoms with Crippen LogP contribution in [0.1, 0.15) is 72.4 Å². The molecule has 0 saturated heterocycles. The first-order chi connectivity index (χ1) is 13.1. The van der Waals surface area contributed by atoms with E-state index in [0.717, 1.165) is 4.90 Å². The third-order valence-corrected chi connectivity index (χ3v) is 6.82. The summed E-state index contributed by atoms with van der Waals surface area (Å²) in [6.07, 6.45) is 2.37. The molecule has 0 aromatic heterocycles. The van der Waals surface area contributed by atoms with Gasteiger partial charge in [-0.2, -0.15) is 0 Å². The van der Waals surface area contributed by atoms with Gasteiger partial charge in [-0.05, 0) is 59.1 Å². The molecular weight excluding hydrogens is 368 g/mol. The number of Topliss-reactive ketones (excluding diaryl/α,β-unsaturated/α-hetero) is 1. The van der Waals surface area contributed by atoms with E-state index in [-0.39, 0.29) is 16.6 Å². The van der Waals surface area contributed by atoms with Gasteiger partial charge in [0.2, 0.25) is 0 Å². The van der Waals surface area contributed by atoms with E-state index < -0.39 is 5.97 Å². The van der Waals surface area contributed by atoms with Crippen LogP contribution in [0, 0.1) is 0 Å². The van der Waals surface area contributed by atoms with E-state index in [4.69, 9.17) is 4.74 Å². The number of rotatable bonds is 5. The molecule has 1 aliphatic rings. The first kappa shape index (κ1) is 20.7. The second kappa shape index (κ2) is 7.75. The molecule has 0 atom stereocenters. The Labute approximate surface area is 171 Å². The number of ketones is 1. The number of ether oxygens (including phenoxy) is 1. The van der Waals surface area contributed by atoms with Gasteiger partial charge in [0.05, 0.1) is 18.4 Å². The molecule has 3 rings (SSSR count). The van der Waals surface area contributed by atoms with Gasteiger partial charge in [-0.3, -0.25) is 4.79 Å². The molecule has 0 bridgehead atoms. The van der Waals surface area contributed by atoms with Crippen molar-refractivity contribution in [1.82, 2.24) is 0 Å². The number of esters is 1. The number of hydrogen-bond acceptors (Lipinski definition) is 4. The molecule has 0 unspecified atom stereocenters. The van der Waals surface area contributed by atoms with Crippen LogP contribution < -0.4 is 0 Å². The zero-order chi connectivity index (χ0) is 20.5. The lowest BCUT2D eigenvalue weighted by atomic mass is 9.63. The first-order valence-corrected chi connectivity index (χ1v) is 10.6. The van der Waals surface area contributed by atoms with E-state index in [9.17, 15) is 9.59 Å². The summed E-state index contributed by atoms with van der Waals surface area (Å²) in [6, 6.07) is 13.3. The van der Waals surface area contributed by atoms with Gasteiger partial charge in [-0.15, -0.1) is 11.8 Å². The lowest BCUT2D eigenvalue weighted by Gasteiger charge is -2.42. The molecule has 0 saturated carbocycles. The second-order valence-electron chi connectivity index (χ2n) is 8.76. The molecular formula is C24H28O3S. The number of carbonyl (C=O) groups is 2. The van der Waals surface area contributed by atoms with Crippen LogP contribution in [-0.2, 0) is 15.6 Å². The van der Waals surface area contributed by atoms with Crippen LogP contribution in [0.4, 0.5) is 0 Å². The highest BCUT2D eigenvalue weighted by Gasteiger charge is 2.36. The second-order valence-corrected chi connectivity index (χ2v) is 9.80. The zero-order valence-electron chi connectivity index (χ0n) is 17.3. The highest BCUT2D eigenvalue weighted by atomic mass is 32.2.